The molecule has 2 aromatic rings. The van der Waals surface area contributed by atoms with E-state index in [2.05, 4.69) is 21.7 Å². The summed E-state index contributed by atoms with van der Waals surface area (Å²) in [6.07, 6.45) is 9.37. The number of hydrogen-bond donors (Lipinski definition) is 2. The maximum Gasteiger partial charge on any atom is 0.251 e. The second kappa shape index (κ2) is 8.56. The first-order chi connectivity index (χ1) is 12.6. The number of allylic oxidation sites excluding steroid dienone is 1. The van der Waals surface area contributed by atoms with E-state index >= 15 is 0 Å². The van der Waals surface area contributed by atoms with Crippen LogP contribution in [0.2, 0.25) is 0 Å². The first-order valence-corrected chi connectivity index (χ1v) is 8.76. The van der Waals surface area contributed by atoms with Gasteiger partial charge in [-0.3, -0.25) is 4.79 Å². The van der Waals surface area contributed by atoms with Gasteiger partial charge in [0.25, 0.3) is 5.91 Å². The molecule has 0 spiro atoms. The Hall–Kier alpha value is -2.76. The van der Waals surface area contributed by atoms with Crippen LogP contribution in [0.3, 0.4) is 0 Å². The Bertz CT molecular complexity index is 820. The van der Waals surface area contributed by atoms with E-state index in [1.165, 1.54) is 30.7 Å². The molecule has 1 aromatic carbocycles. The second-order valence-corrected chi connectivity index (χ2v) is 6.30. The van der Waals surface area contributed by atoms with E-state index in [0.29, 0.717) is 23.6 Å². The molecule has 0 aliphatic heterocycles. The third-order valence-electron chi connectivity index (χ3n) is 4.33. The first kappa shape index (κ1) is 18.0. The molecule has 6 heteroatoms. The number of pyridine rings is 1. The average Bonchev–Trinajstić information content (AvgIpc) is 2.66. The molecule has 0 saturated carbocycles. The van der Waals surface area contributed by atoms with E-state index in [1.807, 2.05) is 0 Å². The van der Waals surface area contributed by atoms with Crippen molar-refractivity contribution in [3.8, 4) is 0 Å². The quantitative estimate of drug-likeness (QED) is 0.735. The van der Waals surface area contributed by atoms with Crippen LogP contribution in [0.1, 0.15) is 42.5 Å². The van der Waals surface area contributed by atoms with Crippen molar-refractivity contribution in [2.24, 2.45) is 0 Å². The fraction of sp³-hybridized carbons (Fsp3) is 0.300. The standard InChI is InChI=1S/C20H21F2N3O/c21-17-7-6-16(13-18(17)22)25-19-12-15(9-11-23-19)20(26)24-10-8-14-4-2-1-3-5-14/h4,6-7,9,11-13H,1-3,5,8,10H2,(H,23,25)(H,24,26). The lowest BCUT2D eigenvalue weighted by molar-refractivity contribution is 0.0954. The molecular weight excluding hydrogens is 336 g/mol. The van der Waals surface area contributed by atoms with Crippen molar-refractivity contribution in [1.29, 1.82) is 0 Å². The van der Waals surface area contributed by atoms with Crippen molar-refractivity contribution in [2.45, 2.75) is 32.1 Å². The van der Waals surface area contributed by atoms with Gasteiger partial charge in [0.05, 0.1) is 0 Å². The average molecular weight is 357 g/mol. The molecule has 1 heterocycles. The monoisotopic (exact) mass is 357 g/mol. The molecule has 2 N–H and O–H groups in total. The van der Waals surface area contributed by atoms with Gasteiger partial charge in [0, 0.05) is 30.1 Å². The van der Waals surface area contributed by atoms with Crippen LogP contribution in [0.15, 0.2) is 48.2 Å². The van der Waals surface area contributed by atoms with Gasteiger partial charge in [-0.15, -0.1) is 0 Å². The normalized spacial score (nSPS) is 13.8. The van der Waals surface area contributed by atoms with Gasteiger partial charge in [-0.05, 0) is 56.4 Å². The van der Waals surface area contributed by atoms with E-state index in [-0.39, 0.29) is 5.91 Å². The number of carbonyl (C=O) groups excluding carboxylic acids is 1. The molecule has 0 atom stereocenters. The third kappa shape index (κ3) is 4.88. The molecule has 3 rings (SSSR count). The molecule has 4 nitrogen and oxygen atoms in total. The summed E-state index contributed by atoms with van der Waals surface area (Å²) in [4.78, 5) is 16.4. The van der Waals surface area contributed by atoms with E-state index in [4.69, 9.17) is 0 Å². The number of nitrogens with one attached hydrogen (secondary N) is 2. The summed E-state index contributed by atoms with van der Waals surface area (Å²) in [5.74, 6) is -1.65. The summed E-state index contributed by atoms with van der Waals surface area (Å²) in [5, 5.41) is 5.78. The Labute approximate surface area is 151 Å². The molecule has 136 valence electrons. The molecule has 0 fully saturated rings. The number of amides is 1. The zero-order valence-electron chi connectivity index (χ0n) is 14.4. The Morgan fingerprint density at radius 1 is 1.12 bits per heavy atom. The number of rotatable bonds is 6. The van der Waals surface area contributed by atoms with Crippen LogP contribution in [0.5, 0.6) is 0 Å². The highest BCUT2D eigenvalue weighted by Crippen LogP contribution is 2.20. The number of benzene rings is 1. The highest BCUT2D eigenvalue weighted by Gasteiger charge is 2.09. The Morgan fingerprint density at radius 2 is 2.00 bits per heavy atom. The lowest BCUT2D eigenvalue weighted by atomic mass is 9.97. The van der Waals surface area contributed by atoms with E-state index in [0.717, 1.165) is 31.4 Å². The van der Waals surface area contributed by atoms with Crippen molar-refractivity contribution in [1.82, 2.24) is 10.3 Å². The van der Waals surface area contributed by atoms with Crippen LogP contribution in [-0.2, 0) is 0 Å². The van der Waals surface area contributed by atoms with Crippen molar-refractivity contribution < 1.29 is 13.6 Å². The maximum atomic E-state index is 13.3. The van der Waals surface area contributed by atoms with Gasteiger partial charge in [0.1, 0.15) is 5.82 Å². The largest absolute Gasteiger partial charge is 0.352 e. The van der Waals surface area contributed by atoms with Gasteiger partial charge in [-0.1, -0.05) is 11.6 Å². The number of hydrogen-bond acceptors (Lipinski definition) is 3. The van der Waals surface area contributed by atoms with Crippen LogP contribution < -0.4 is 10.6 Å². The molecule has 0 bridgehead atoms. The smallest absolute Gasteiger partial charge is 0.251 e. The molecule has 26 heavy (non-hydrogen) atoms. The van der Waals surface area contributed by atoms with Gasteiger partial charge < -0.3 is 10.6 Å². The van der Waals surface area contributed by atoms with Crippen LogP contribution in [0.25, 0.3) is 0 Å². The summed E-state index contributed by atoms with van der Waals surface area (Å²) in [6.45, 7) is 0.596. The number of anilines is 2. The minimum absolute atomic E-state index is 0.183. The molecule has 0 unspecified atom stereocenters. The van der Waals surface area contributed by atoms with E-state index in [9.17, 15) is 13.6 Å². The lowest BCUT2D eigenvalue weighted by Gasteiger charge is -2.13. The Balaban J connectivity index is 1.58. The highest BCUT2D eigenvalue weighted by atomic mass is 19.2. The molecule has 0 radical (unpaired) electrons. The minimum Gasteiger partial charge on any atom is -0.352 e. The lowest BCUT2D eigenvalue weighted by Crippen LogP contribution is -2.25. The van der Waals surface area contributed by atoms with Crippen molar-refractivity contribution >= 4 is 17.4 Å². The van der Waals surface area contributed by atoms with Gasteiger partial charge in [-0.2, -0.15) is 0 Å². The summed E-state index contributed by atoms with van der Waals surface area (Å²) >= 11 is 0. The summed E-state index contributed by atoms with van der Waals surface area (Å²) < 4.78 is 26.3. The zero-order chi connectivity index (χ0) is 18.4. The number of aromatic nitrogens is 1. The fourth-order valence-corrected chi connectivity index (χ4v) is 2.93. The third-order valence-corrected chi connectivity index (χ3v) is 4.33. The zero-order valence-corrected chi connectivity index (χ0v) is 14.4. The van der Waals surface area contributed by atoms with E-state index in [1.54, 1.807) is 12.1 Å². The van der Waals surface area contributed by atoms with Crippen molar-refractivity contribution in [3.05, 3.63) is 65.4 Å². The number of carbonyl (C=O) groups is 1. The highest BCUT2D eigenvalue weighted by molar-refractivity contribution is 5.94. The second-order valence-electron chi connectivity index (χ2n) is 6.30. The summed E-state index contributed by atoms with van der Waals surface area (Å²) in [5.41, 5.74) is 2.23. The van der Waals surface area contributed by atoms with Crippen LogP contribution in [0.4, 0.5) is 20.3 Å². The predicted octanol–water partition coefficient (Wildman–Crippen LogP) is 4.72. The number of nitrogens with zero attached hydrogens (tertiary/aromatic N) is 1. The SMILES string of the molecule is O=C(NCCC1=CCCCC1)c1ccnc(Nc2ccc(F)c(F)c2)c1. The summed E-state index contributed by atoms with van der Waals surface area (Å²) in [7, 11) is 0. The van der Waals surface area contributed by atoms with Gasteiger partial charge in [0.15, 0.2) is 11.6 Å². The summed E-state index contributed by atoms with van der Waals surface area (Å²) in [6, 6.07) is 6.68. The topological polar surface area (TPSA) is 54.0 Å². The molecule has 1 aliphatic rings. The van der Waals surface area contributed by atoms with Gasteiger partial charge >= 0.3 is 0 Å². The van der Waals surface area contributed by atoms with Crippen molar-refractivity contribution in [3.63, 3.8) is 0 Å². The molecule has 1 aliphatic carbocycles. The number of halogens is 2. The van der Waals surface area contributed by atoms with Crippen LogP contribution >= 0.6 is 0 Å². The van der Waals surface area contributed by atoms with Gasteiger partial charge in [0.2, 0.25) is 0 Å². The predicted molar refractivity (Wildman–Crippen MR) is 97.4 cm³/mol. The first-order valence-electron chi connectivity index (χ1n) is 8.76. The molecular formula is C20H21F2N3O. The van der Waals surface area contributed by atoms with Crippen molar-refractivity contribution in [2.75, 3.05) is 11.9 Å². The Kier molecular flexibility index (Phi) is 5.94. The maximum absolute atomic E-state index is 13.3. The van der Waals surface area contributed by atoms with Gasteiger partial charge in [-0.25, -0.2) is 13.8 Å². The fourth-order valence-electron chi connectivity index (χ4n) is 2.93. The van der Waals surface area contributed by atoms with Crippen LogP contribution in [-0.4, -0.2) is 17.4 Å². The molecule has 1 amide bonds. The molecule has 1 aromatic heterocycles. The van der Waals surface area contributed by atoms with E-state index < -0.39 is 11.6 Å². The van der Waals surface area contributed by atoms with Crippen LogP contribution in [0, 0.1) is 11.6 Å². The molecule has 0 saturated heterocycles. The minimum atomic E-state index is -0.944. The Morgan fingerprint density at radius 3 is 2.77 bits per heavy atom.